The lowest BCUT2D eigenvalue weighted by Crippen LogP contribution is -2.13. The number of para-hydroxylation sites is 1. The van der Waals surface area contributed by atoms with Crippen LogP contribution in [-0.2, 0) is 14.8 Å². The Balaban J connectivity index is 2.33. The highest BCUT2D eigenvalue weighted by atomic mass is 35.5. The number of ether oxygens (including phenoxy) is 2. The number of halogens is 1. The molecule has 0 aliphatic heterocycles. The summed E-state index contributed by atoms with van der Waals surface area (Å²) in [6.07, 6.45) is 1.24. The molecule has 0 unspecified atom stereocenters. The lowest BCUT2D eigenvalue weighted by molar-refractivity contribution is 0.0603. The summed E-state index contributed by atoms with van der Waals surface area (Å²) in [6.45, 7) is 0. The van der Waals surface area contributed by atoms with Gasteiger partial charge in [-0.05, 0) is 24.3 Å². The van der Waals surface area contributed by atoms with Crippen LogP contribution < -0.4 is 4.74 Å². The van der Waals surface area contributed by atoms with Crippen LogP contribution >= 0.6 is 11.6 Å². The number of rotatable bonds is 4. The van der Waals surface area contributed by atoms with Crippen LogP contribution in [0.15, 0.2) is 53.6 Å². The molecule has 0 saturated carbocycles. The quantitative estimate of drug-likeness (QED) is 0.650. The van der Waals surface area contributed by atoms with E-state index in [4.69, 9.17) is 21.1 Å². The summed E-state index contributed by atoms with van der Waals surface area (Å²) in [5, 5.41) is 0.725. The highest BCUT2D eigenvalue weighted by Gasteiger charge is 2.26. The van der Waals surface area contributed by atoms with Crippen LogP contribution in [0.25, 0.3) is 10.9 Å². The van der Waals surface area contributed by atoms with E-state index in [9.17, 15) is 13.2 Å². The Hall–Kier alpha value is -2.51. The maximum absolute atomic E-state index is 13.2. The molecule has 1 heterocycles. The second kappa shape index (κ2) is 6.42. The fourth-order valence-electron chi connectivity index (χ4n) is 2.58. The second-order valence-corrected chi connectivity index (χ2v) is 7.37. The zero-order valence-corrected chi connectivity index (χ0v) is 15.0. The highest BCUT2D eigenvalue weighted by Crippen LogP contribution is 2.32. The van der Waals surface area contributed by atoms with Gasteiger partial charge in [0.05, 0.1) is 25.3 Å². The summed E-state index contributed by atoms with van der Waals surface area (Å²) in [5.41, 5.74) is 0.507. The van der Waals surface area contributed by atoms with Crippen molar-refractivity contribution in [3.63, 3.8) is 0 Å². The molecular formula is C17H14ClNO5S. The van der Waals surface area contributed by atoms with E-state index in [2.05, 4.69) is 0 Å². The molecule has 3 rings (SSSR count). The third-order valence-electron chi connectivity index (χ3n) is 3.75. The van der Waals surface area contributed by atoms with Crippen LogP contribution in [0.4, 0.5) is 0 Å². The minimum atomic E-state index is -4.05. The van der Waals surface area contributed by atoms with Gasteiger partial charge in [0.1, 0.15) is 10.6 Å². The summed E-state index contributed by atoms with van der Waals surface area (Å²) in [5.74, 6) is -0.468. The number of hydrogen-bond acceptors (Lipinski definition) is 5. The Morgan fingerprint density at radius 3 is 2.52 bits per heavy atom. The Kier molecular flexibility index (Phi) is 4.45. The Morgan fingerprint density at radius 1 is 1.12 bits per heavy atom. The molecule has 2 aromatic carbocycles. The molecule has 25 heavy (non-hydrogen) atoms. The largest absolute Gasteiger partial charge is 0.495 e. The number of nitrogens with zero attached hydrogens (tertiary/aromatic N) is 1. The van der Waals surface area contributed by atoms with E-state index >= 15 is 0 Å². The van der Waals surface area contributed by atoms with Gasteiger partial charge in [-0.1, -0.05) is 29.8 Å². The van der Waals surface area contributed by atoms with Gasteiger partial charge in [-0.2, -0.15) is 0 Å². The predicted octanol–water partition coefficient (Wildman–Crippen LogP) is 3.33. The number of fused-ring (bicyclic) bond motifs is 1. The second-order valence-electron chi connectivity index (χ2n) is 5.15. The predicted molar refractivity (Wildman–Crippen MR) is 93.9 cm³/mol. The van der Waals surface area contributed by atoms with Gasteiger partial charge in [-0.25, -0.2) is 17.2 Å². The van der Waals surface area contributed by atoms with E-state index in [-0.39, 0.29) is 21.2 Å². The SMILES string of the molecule is COC(=O)c1cn(S(=O)(=O)c2cc(Cl)ccc2OC)c2ccccc12. The number of carbonyl (C=O) groups is 1. The van der Waals surface area contributed by atoms with Crippen LogP contribution in [0.3, 0.4) is 0 Å². The molecule has 0 atom stereocenters. The number of methoxy groups -OCH3 is 2. The molecule has 3 aromatic rings. The first-order chi connectivity index (χ1) is 11.9. The van der Waals surface area contributed by atoms with E-state index in [1.165, 1.54) is 38.6 Å². The van der Waals surface area contributed by atoms with Crippen molar-refractivity contribution in [3.8, 4) is 5.75 Å². The van der Waals surface area contributed by atoms with Crippen molar-refractivity contribution < 1.29 is 22.7 Å². The molecule has 0 aliphatic rings. The zero-order valence-electron chi connectivity index (χ0n) is 13.4. The number of hydrogen-bond donors (Lipinski definition) is 0. The summed E-state index contributed by atoms with van der Waals surface area (Å²) < 4.78 is 37.3. The van der Waals surface area contributed by atoms with E-state index in [1.807, 2.05) is 0 Å². The van der Waals surface area contributed by atoms with Gasteiger partial charge < -0.3 is 9.47 Å². The minimum absolute atomic E-state index is 0.0975. The molecule has 0 spiro atoms. The van der Waals surface area contributed by atoms with Gasteiger partial charge in [0, 0.05) is 16.6 Å². The highest BCUT2D eigenvalue weighted by molar-refractivity contribution is 7.90. The maximum atomic E-state index is 13.2. The maximum Gasteiger partial charge on any atom is 0.340 e. The van der Waals surface area contributed by atoms with Crippen molar-refractivity contribution in [2.75, 3.05) is 14.2 Å². The van der Waals surface area contributed by atoms with E-state index in [1.54, 1.807) is 24.3 Å². The monoisotopic (exact) mass is 379 g/mol. The lowest BCUT2D eigenvalue weighted by Gasteiger charge is -2.11. The first kappa shape index (κ1) is 17.3. The van der Waals surface area contributed by atoms with Crippen molar-refractivity contribution >= 4 is 38.5 Å². The summed E-state index contributed by atoms with van der Waals surface area (Å²) in [7, 11) is -1.44. The van der Waals surface area contributed by atoms with Crippen LogP contribution in [0.2, 0.25) is 5.02 Å². The average molecular weight is 380 g/mol. The Morgan fingerprint density at radius 2 is 1.84 bits per heavy atom. The Labute approximate surface area is 149 Å². The van der Waals surface area contributed by atoms with E-state index < -0.39 is 16.0 Å². The van der Waals surface area contributed by atoms with Crippen molar-refractivity contribution in [2.24, 2.45) is 0 Å². The molecule has 1 aromatic heterocycles. The molecule has 8 heteroatoms. The van der Waals surface area contributed by atoms with Crippen LogP contribution in [-0.4, -0.2) is 32.6 Å². The van der Waals surface area contributed by atoms with Gasteiger partial charge in [0.2, 0.25) is 0 Å². The molecule has 0 bridgehead atoms. The van der Waals surface area contributed by atoms with Gasteiger partial charge in [0.15, 0.2) is 0 Å². The molecule has 0 fully saturated rings. The van der Waals surface area contributed by atoms with Crippen LogP contribution in [0, 0.1) is 0 Å². The first-order valence-corrected chi connectivity index (χ1v) is 8.99. The lowest BCUT2D eigenvalue weighted by atomic mass is 10.2. The number of benzene rings is 2. The fraction of sp³-hybridized carbons (Fsp3) is 0.118. The third-order valence-corrected chi connectivity index (χ3v) is 5.68. The zero-order chi connectivity index (χ0) is 18.2. The van der Waals surface area contributed by atoms with Gasteiger partial charge in [-0.3, -0.25) is 0 Å². The summed E-state index contributed by atoms with van der Waals surface area (Å²) >= 11 is 5.96. The normalized spacial score (nSPS) is 11.5. The molecule has 0 N–H and O–H groups in total. The molecule has 0 radical (unpaired) electrons. The summed E-state index contributed by atoms with van der Waals surface area (Å²) in [6, 6.07) is 11.0. The molecule has 0 saturated heterocycles. The van der Waals surface area contributed by atoms with Crippen LogP contribution in [0.1, 0.15) is 10.4 Å². The molecule has 130 valence electrons. The molecule has 0 aliphatic carbocycles. The standard InChI is InChI=1S/C17H14ClNO5S/c1-23-15-8-7-11(18)9-16(15)25(21,22)19-10-13(17(20)24-2)12-5-3-4-6-14(12)19/h3-10H,1-2H3. The van der Waals surface area contributed by atoms with E-state index in [0.29, 0.717) is 10.9 Å². The number of carbonyl (C=O) groups excluding carboxylic acids is 1. The average Bonchev–Trinajstić information content (AvgIpc) is 3.01. The summed E-state index contributed by atoms with van der Waals surface area (Å²) in [4.78, 5) is 11.9. The number of esters is 1. The molecular weight excluding hydrogens is 366 g/mol. The Bertz CT molecular complexity index is 1070. The first-order valence-electron chi connectivity index (χ1n) is 7.17. The minimum Gasteiger partial charge on any atom is -0.495 e. The molecule has 0 amide bonds. The fourth-order valence-corrected chi connectivity index (χ4v) is 4.37. The van der Waals surface area contributed by atoms with Crippen molar-refractivity contribution in [1.82, 2.24) is 3.97 Å². The van der Waals surface area contributed by atoms with Gasteiger partial charge in [0.25, 0.3) is 10.0 Å². The molecule has 6 nitrogen and oxygen atoms in total. The van der Waals surface area contributed by atoms with Crippen molar-refractivity contribution in [1.29, 1.82) is 0 Å². The van der Waals surface area contributed by atoms with Gasteiger partial charge >= 0.3 is 5.97 Å². The van der Waals surface area contributed by atoms with Crippen molar-refractivity contribution in [2.45, 2.75) is 4.90 Å². The van der Waals surface area contributed by atoms with Gasteiger partial charge in [-0.15, -0.1) is 0 Å². The number of aromatic nitrogens is 1. The van der Waals surface area contributed by atoms with Crippen molar-refractivity contribution in [3.05, 3.63) is 59.2 Å². The van der Waals surface area contributed by atoms with Crippen LogP contribution in [0.5, 0.6) is 5.75 Å². The van der Waals surface area contributed by atoms with E-state index in [0.717, 1.165) is 3.97 Å². The third kappa shape index (κ3) is 2.85. The topological polar surface area (TPSA) is 74.6 Å². The smallest absolute Gasteiger partial charge is 0.340 e.